The average molecular weight is 356 g/mol. The van der Waals surface area contributed by atoms with Gasteiger partial charge in [-0.1, -0.05) is 29.3 Å². The maximum atomic E-state index is 11.6. The minimum absolute atomic E-state index is 0. The van der Waals surface area contributed by atoms with Gasteiger partial charge in [0.15, 0.2) is 0 Å². The lowest BCUT2D eigenvalue weighted by atomic mass is 10.2. The molecule has 2 rings (SSSR count). The Bertz CT molecular complexity index is 509. The largest absolute Gasteiger partial charge is 0.489 e. The van der Waals surface area contributed by atoms with Gasteiger partial charge in [-0.05, 0) is 25.0 Å². The quantitative estimate of drug-likeness (QED) is 0.726. The molecular weight excluding hydrogens is 339 g/mol. The maximum absolute atomic E-state index is 11.6. The van der Waals surface area contributed by atoms with Crippen molar-refractivity contribution in [2.45, 2.75) is 24.5 Å². The van der Waals surface area contributed by atoms with Crippen LogP contribution in [0.3, 0.4) is 0 Å². The molecule has 21 heavy (non-hydrogen) atoms. The van der Waals surface area contributed by atoms with Crippen molar-refractivity contribution >= 4 is 41.5 Å². The molecule has 1 unspecified atom stereocenters. The molecule has 8 heteroatoms. The minimum atomic E-state index is -0.851. The summed E-state index contributed by atoms with van der Waals surface area (Å²) in [6.07, 6.45) is 0.518. The van der Waals surface area contributed by atoms with Gasteiger partial charge < -0.3 is 20.9 Å². The molecule has 1 aliphatic carbocycles. The molecular formula is C13H17Cl3N2O3. The number of ether oxygens (including phenoxy) is 1. The first-order chi connectivity index (χ1) is 9.42. The molecule has 1 amide bonds. The van der Waals surface area contributed by atoms with Crippen LogP contribution < -0.4 is 15.8 Å². The Hall–Kier alpha value is -0.720. The highest BCUT2D eigenvalue weighted by Gasteiger charge is 2.45. The lowest BCUT2D eigenvalue weighted by Gasteiger charge is -2.16. The second-order valence-corrected chi connectivity index (χ2v) is 5.67. The standard InChI is InChI=1S/C13H16Cl2N2O3.ClH/c14-9-2-1-3-10(11(9)15)20-7-8(18)6-17-12(19)13(16)4-5-13;/h1-3,8,18H,4-7,16H2,(H,17,19);1H. The summed E-state index contributed by atoms with van der Waals surface area (Å²) in [5.74, 6) is 0.152. The number of nitrogens with one attached hydrogen (secondary N) is 1. The molecule has 0 saturated heterocycles. The topological polar surface area (TPSA) is 84.6 Å². The summed E-state index contributed by atoms with van der Waals surface area (Å²) in [6, 6.07) is 4.99. The first-order valence-electron chi connectivity index (χ1n) is 6.24. The number of halogens is 3. The number of hydrogen-bond acceptors (Lipinski definition) is 4. The molecule has 0 bridgehead atoms. The monoisotopic (exact) mass is 354 g/mol. The van der Waals surface area contributed by atoms with Gasteiger partial charge in [-0.15, -0.1) is 12.4 Å². The molecule has 0 radical (unpaired) electrons. The first-order valence-corrected chi connectivity index (χ1v) is 7.00. The number of amides is 1. The summed E-state index contributed by atoms with van der Waals surface area (Å²) < 4.78 is 5.36. The first kappa shape index (κ1) is 18.3. The lowest BCUT2D eigenvalue weighted by Crippen LogP contribution is -2.46. The Labute approximate surface area is 139 Å². The van der Waals surface area contributed by atoms with E-state index in [1.807, 2.05) is 0 Å². The van der Waals surface area contributed by atoms with Crippen molar-refractivity contribution in [3.63, 3.8) is 0 Å². The van der Waals surface area contributed by atoms with Crippen LogP contribution in [0, 0.1) is 0 Å². The Kier molecular flexibility index (Phi) is 6.56. The van der Waals surface area contributed by atoms with Crippen LogP contribution in [-0.2, 0) is 4.79 Å². The van der Waals surface area contributed by atoms with Gasteiger partial charge in [0.05, 0.1) is 10.6 Å². The number of carbonyl (C=O) groups excluding carboxylic acids is 1. The number of aliphatic hydroxyl groups is 1. The molecule has 1 atom stereocenters. The summed E-state index contributed by atoms with van der Waals surface area (Å²) in [6.45, 7) is 0.0773. The highest BCUT2D eigenvalue weighted by atomic mass is 35.5. The van der Waals surface area contributed by atoms with Gasteiger partial charge in [0, 0.05) is 6.54 Å². The van der Waals surface area contributed by atoms with Crippen LogP contribution in [0.4, 0.5) is 0 Å². The van der Waals surface area contributed by atoms with Crippen molar-refractivity contribution in [2.24, 2.45) is 5.73 Å². The second kappa shape index (κ2) is 7.51. The predicted molar refractivity (Wildman–Crippen MR) is 84.4 cm³/mol. The Morgan fingerprint density at radius 3 is 2.76 bits per heavy atom. The molecule has 1 fully saturated rings. The fourth-order valence-corrected chi connectivity index (χ4v) is 1.94. The van der Waals surface area contributed by atoms with Crippen LogP contribution in [0.5, 0.6) is 5.75 Å². The van der Waals surface area contributed by atoms with Gasteiger partial charge >= 0.3 is 0 Å². The van der Waals surface area contributed by atoms with Crippen LogP contribution >= 0.6 is 35.6 Å². The van der Waals surface area contributed by atoms with Crippen molar-refractivity contribution in [1.82, 2.24) is 5.32 Å². The highest BCUT2D eigenvalue weighted by molar-refractivity contribution is 6.42. The van der Waals surface area contributed by atoms with E-state index in [-0.39, 0.29) is 31.5 Å². The van der Waals surface area contributed by atoms with Crippen molar-refractivity contribution in [2.75, 3.05) is 13.2 Å². The minimum Gasteiger partial charge on any atom is -0.489 e. The number of hydrogen-bond donors (Lipinski definition) is 3. The molecule has 0 spiro atoms. The predicted octanol–water partition coefficient (Wildman–Crippen LogP) is 1.76. The summed E-state index contributed by atoms with van der Waals surface area (Å²) in [5.41, 5.74) is 4.98. The van der Waals surface area contributed by atoms with E-state index in [0.717, 1.165) is 0 Å². The zero-order valence-electron chi connectivity index (χ0n) is 11.1. The van der Waals surface area contributed by atoms with E-state index >= 15 is 0 Å². The summed E-state index contributed by atoms with van der Waals surface area (Å²) in [5, 5.41) is 13.0. The van der Waals surface area contributed by atoms with E-state index in [2.05, 4.69) is 5.32 Å². The van der Waals surface area contributed by atoms with Crippen LogP contribution in [0.25, 0.3) is 0 Å². The molecule has 118 valence electrons. The normalized spacial score (nSPS) is 16.6. The zero-order valence-corrected chi connectivity index (χ0v) is 13.5. The molecule has 1 saturated carbocycles. The number of benzene rings is 1. The SMILES string of the molecule is Cl.NC1(C(=O)NCC(O)COc2cccc(Cl)c2Cl)CC1. The van der Waals surface area contributed by atoms with Crippen molar-refractivity contribution in [3.8, 4) is 5.75 Å². The van der Waals surface area contributed by atoms with Gasteiger partial charge in [0.1, 0.15) is 23.5 Å². The van der Waals surface area contributed by atoms with Crippen molar-refractivity contribution in [3.05, 3.63) is 28.2 Å². The second-order valence-electron chi connectivity index (χ2n) is 4.88. The van der Waals surface area contributed by atoms with Crippen LogP contribution in [0.15, 0.2) is 18.2 Å². The number of nitrogens with two attached hydrogens (primary N) is 1. The van der Waals surface area contributed by atoms with E-state index in [1.54, 1.807) is 18.2 Å². The number of carbonyl (C=O) groups is 1. The smallest absolute Gasteiger partial charge is 0.240 e. The van der Waals surface area contributed by atoms with E-state index in [9.17, 15) is 9.90 Å². The average Bonchev–Trinajstić information content (AvgIpc) is 3.17. The molecule has 0 aliphatic heterocycles. The van der Waals surface area contributed by atoms with Crippen LogP contribution in [0.2, 0.25) is 10.0 Å². The Morgan fingerprint density at radius 2 is 2.14 bits per heavy atom. The van der Waals surface area contributed by atoms with Crippen LogP contribution in [-0.4, -0.2) is 35.8 Å². The van der Waals surface area contributed by atoms with E-state index < -0.39 is 11.6 Å². The molecule has 5 nitrogen and oxygen atoms in total. The molecule has 1 aromatic rings. The molecule has 1 aromatic carbocycles. The van der Waals surface area contributed by atoms with E-state index in [1.165, 1.54) is 0 Å². The van der Waals surface area contributed by atoms with Gasteiger partial charge in [-0.25, -0.2) is 0 Å². The lowest BCUT2D eigenvalue weighted by molar-refractivity contribution is -0.123. The third kappa shape index (κ3) is 4.90. The summed E-state index contributed by atoms with van der Waals surface area (Å²) >= 11 is 11.8. The van der Waals surface area contributed by atoms with Gasteiger partial charge in [-0.2, -0.15) is 0 Å². The van der Waals surface area contributed by atoms with Gasteiger partial charge in [0.2, 0.25) is 5.91 Å². The molecule has 4 N–H and O–H groups in total. The third-order valence-corrected chi connectivity index (χ3v) is 3.89. The number of rotatable bonds is 6. The molecule has 0 heterocycles. The van der Waals surface area contributed by atoms with Gasteiger partial charge in [0.25, 0.3) is 0 Å². The highest BCUT2D eigenvalue weighted by Crippen LogP contribution is 2.32. The Morgan fingerprint density at radius 1 is 1.48 bits per heavy atom. The Balaban J connectivity index is 0.00000220. The number of aliphatic hydroxyl groups excluding tert-OH is 1. The molecule has 0 aromatic heterocycles. The van der Waals surface area contributed by atoms with Crippen LogP contribution in [0.1, 0.15) is 12.8 Å². The maximum Gasteiger partial charge on any atom is 0.240 e. The molecule has 1 aliphatic rings. The van der Waals surface area contributed by atoms with Crippen molar-refractivity contribution < 1.29 is 14.6 Å². The third-order valence-electron chi connectivity index (χ3n) is 3.09. The fraction of sp³-hybridized carbons (Fsp3) is 0.462. The summed E-state index contributed by atoms with van der Waals surface area (Å²) in [7, 11) is 0. The van der Waals surface area contributed by atoms with Gasteiger partial charge in [-0.3, -0.25) is 4.79 Å². The fourth-order valence-electron chi connectivity index (χ4n) is 1.59. The summed E-state index contributed by atoms with van der Waals surface area (Å²) in [4.78, 5) is 11.6. The zero-order chi connectivity index (χ0) is 14.8. The van der Waals surface area contributed by atoms with E-state index in [0.29, 0.717) is 28.6 Å². The van der Waals surface area contributed by atoms with Crippen molar-refractivity contribution in [1.29, 1.82) is 0 Å². The van der Waals surface area contributed by atoms with E-state index in [4.69, 9.17) is 33.7 Å².